The van der Waals surface area contributed by atoms with Crippen LogP contribution in [0.1, 0.15) is 10.4 Å². The highest BCUT2D eigenvalue weighted by Gasteiger charge is 2.17. The van der Waals surface area contributed by atoms with Gasteiger partial charge < -0.3 is 9.47 Å². The van der Waals surface area contributed by atoms with Gasteiger partial charge in [-0.2, -0.15) is 0 Å². The molecule has 3 aromatic rings. The maximum Gasteiger partial charge on any atom is 0.170 e. The molecule has 3 nitrogen and oxygen atoms in total. The molecule has 0 unspecified atom stereocenters. The lowest BCUT2D eigenvalue weighted by molar-refractivity contribution is 0.356. The molecule has 0 aliphatic carbocycles. The van der Waals surface area contributed by atoms with Gasteiger partial charge in [-0.1, -0.05) is 35.9 Å². The van der Waals surface area contributed by atoms with E-state index in [4.69, 9.17) is 14.5 Å². The van der Waals surface area contributed by atoms with Gasteiger partial charge in [0.1, 0.15) is 5.01 Å². The summed E-state index contributed by atoms with van der Waals surface area (Å²) in [5.41, 5.74) is 4.36. The molecule has 0 bridgehead atoms. The number of nitrogens with zero attached hydrogens (tertiary/aromatic N) is 1. The number of methoxy groups -OCH3 is 2. The van der Waals surface area contributed by atoms with Crippen molar-refractivity contribution in [2.24, 2.45) is 0 Å². The van der Waals surface area contributed by atoms with Crippen LogP contribution in [0.3, 0.4) is 0 Å². The number of para-hydroxylation sites is 1. The van der Waals surface area contributed by atoms with E-state index in [1.165, 1.54) is 10.4 Å². The second kappa shape index (κ2) is 6.42. The Balaban J connectivity index is 2.09. The van der Waals surface area contributed by atoms with Crippen LogP contribution in [-0.2, 0) is 0 Å². The second-order valence-corrected chi connectivity index (χ2v) is 6.53. The summed E-state index contributed by atoms with van der Waals surface area (Å²) in [5.74, 6) is 1.44. The molecule has 118 valence electrons. The van der Waals surface area contributed by atoms with E-state index in [2.05, 4.69) is 38.1 Å². The van der Waals surface area contributed by atoms with Crippen LogP contribution < -0.4 is 9.47 Å². The minimum atomic E-state index is 0.717. The Labute approximate surface area is 140 Å². The number of aromatic nitrogens is 1. The van der Waals surface area contributed by atoms with E-state index in [0.29, 0.717) is 0 Å². The molecule has 0 atom stereocenters. The number of hydrogen-bond donors (Lipinski definition) is 0. The lowest BCUT2D eigenvalue weighted by Gasteiger charge is -2.10. The molecule has 1 aromatic heterocycles. The molecule has 4 heteroatoms. The van der Waals surface area contributed by atoms with Crippen LogP contribution in [0.5, 0.6) is 11.5 Å². The SMILES string of the molecule is COc1cccc(-c2nc(-c3ccc(C)cc3)c(C)s2)c1OC. The van der Waals surface area contributed by atoms with Crippen LogP contribution in [0, 0.1) is 13.8 Å². The number of benzene rings is 2. The highest BCUT2D eigenvalue weighted by Crippen LogP contribution is 2.41. The Morgan fingerprint density at radius 1 is 0.913 bits per heavy atom. The molecule has 0 N–H and O–H groups in total. The molecule has 0 aliphatic heterocycles. The van der Waals surface area contributed by atoms with Crippen molar-refractivity contribution in [3.8, 4) is 33.3 Å². The first-order valence-electron chi connectivity index (χ1n) is 7.40. The number of rotatable bonds is 4. The van der Waals surface area contributed by atoms with Crippen molar-refractivity contribution in [3.05, 3.63) is 52.9 Å². The third-order valence-corrected chi connectivity index (χ3v) is 4.76. The molecule has 0 saturated heterocycles. The van der Waals surface area contributed by atoms with Crippen LogP contribution >= 0.6 is 11.3 Å². The van der Waals surface area contributed by atoms with Gasteiger partial charge in [0.05, 0.1) is 25.5 Å². The first-order chi connectivity index (χ1) is 11.1. The van der Waals surface area contributed by atoms with Gasteiger partial charge in [-0.15, -0.1) is 11.3 Å². The number of thiazole rings is 1. The van der Waals surface area contributed by atoms with Gasteiger partial charge >= 0.3 is 0 Å². The Bertz CT molecular complexity index is 822. The van der Waals surface area contributed by atoms with Crippen LogP contribution in [0.15, 0.2) is 42.5 Å². The molecule has 0 spiro atoms. The Hall–Kier alpha value is -2.33. The van der Waals surface area contributed by atoms with E-state index in [0.717, 1.165) is 33.3 Å². The Kier molecular flexibility index (Phi) is 4.35. The largest absolute Gasteiger partial charge is 0.493 e. The third-order valence-electron chi connectivity index (χ3n) is 3.75. The Morgan fingerprint density at radius 2 is 1.65 bits per heavy atom. The predicted molar refractivity (Wildman–Crippen MR) is 95.6 cm³/mol. The van der Waals surface area contributed by atoms with Crippen LogP contribution in [0.4, 0.5) is 0 Å². The lowest BCUT2D eigenvalue weighted by Crippen LogP contribution is -1.92. The van der Waals surface area contributed by atoms with Crippen molar-refractivity contribution in [2.45, 2.75) is 13.8 Å². The van der Waals surface area contributed by atoms with Crippen molar-refractivity contribution in [1.82, 2.24) is 4.98 Å². The van der Waals surface area contributed by atoms with Gasteiger partial charge in [0.15, 0.2) is 11.5 Å². The monoisotopic (exact) mass is 325 g/mol. The van der Waals surface area contributed by atoms with Gasteiger partial charge in [0.2, 0.25) is 0 Å². The molecular weight excluding hydrogens is 306 g/mol. The van der Waals surface area contributed by atoms with Crippen LogP contribution in [0.25, 0.3) is 21.8 Å². The van der Waals surface area contributed by atoms with Gasteiger partial charge in [0, 0.05) is 10.4 Å². The molecule has 0 saturated carbocycles. The van der Waals surface area contributed by atoms with E-state index in [1.807, 2.05) is 18.2 Å². The fraction of sp³-hybridized carbons (Fsp3) is 0.211. The number of hydrogen-bond acceptors (Lipinski definition) is 4. The summed E-state index contributed by atoms with van der Waals surface area (Å²) in [4.78, 5) is 6.04. The molecular formula is C19H19NO2S. The summed E-state index contributed by atoms with van der Waals surface area (Å²) in [6, 6.07) is 14.3. The fourth-order valence-corrected chi connectivity index (χ4v) is 3.50. The molecule has 0 aliphatic rings. The summed E-state index contributed by atoms with van der Waals surface area (Å²) in [7, 11) is 3.30. The molecule has 0 amide bonds. The smallest absolute Gasteiger partial charge is 0.170 e. The first-order valence-corrected chi connectivity index (χ1v) is 8.21. The molecule has 1 heterocycles. The zero-order chi connectivity index (χ0) is 16.4. The summed E-state index contributed by atoms with van der Waals surface area (Å²) in [6.45, 7) is 4.19. The summed E-state index contributed by atoms with van der Waals surface area (Å²) >= 11 is 1.67. The topological polar surface area (TPSA) is 31.4 Å². The van der Waals surface area contributed by atoms with Crippen molar-refractivity contribution in [2.75, 3.05) is 14.2 Å². The standard InChI is InChI=1S/C19H19NO2S/c1-12-8-10-14(11-9-12)17-13(2)23-19(20-17)15-6-5-7-16(21-3)18(15)22-4/h5-11H,1-4H3. The minimum absolute atomic E-state index is 0.717. The highest BCUT2D eigenvalue weighted by molar-refractivity contribution is 7.15. The van der Waals surface area contributed by atoms with Crippen molar-refractivity contribution < 1.29 is 9.47 Å². The van der Waals surface area contributed by atoms with Gasteiger partial charge in [-0.3, -0.25) is 0 Å². The summed E-state index contributed by atoms with van der Waals surface area (Å²) in [5, 5.41) is 0.939. The molecule has 0 fully saturated rings. The van der Waals surface area contributed by atoms with Gasteiger partial charge in [-0.25, -0.2) is 4.98 Å². The normalized spacial score (nSPS) is 10.6. The molecule has 0 radical (unpaired) electrons. The van der Waals surface area contributed by atoms with E-state index in [-0.39, 0.29) is 0 Å². The fourth-order valence-electron chi connectivity index (χ4n) is 2.55. The number of aryl methyl sites for hydroxylation is 2. The van der Waals surface area contributed by atoms with E-state index >= 15 is 0 Å². The van der Waals surface area contributed by atoms with E-state index in [1.54, 1.807) is 25.6 Å². The second-order valence-electron chi connectivity index (χ2n) is 5.33. The maximum atomic E-state index is 5.53. The molecule has 23 heavy (non-hydrogen) atoms. The van der Waals surface area contributed by atoms with E-state index in [9.17, 15) is 0 Å². The minimum Gasteiger partial charge on any atom is -0.493 e. The summed E-state index contributed by atoms with van der Waals surface area (Å²) in [6.07, 6.45) is 0. The van der Waals surface area contributed by atoms with Gasteiger partial charge in [-0.05, 0) is 26.0 Å². The highest BCUT2D eigenvalue weighted by atomic mass is 32.1. The average Bonchev–Trinajstić information content (AvgIpc) is 2.96. The third kappa shape index (κ3) is 2.94. The first kappa shape index (κ1) is 15.6. The number of ether oxygens (including phenoxy) is 2. The zero-order valence-electron chi connectivity index (χ0n) is 13.7. The maximum absolute atomic E-state index is 5.53. The van der Waals surface area contributed by atoms with Crippen molar-refractivity contribution in [3.63, 3.8) is 0 Å². The molecule has 3 rings (SSSR count). The Morgan fingerprint density at radius 3 is 2.30 bits per heavy atom. The average molecular weight is 325 g/mol. The van der Waals surface area contributed by atoms with Crippen LogP contribution in [-0.4, -0.2) is 19.2 Å². The van der Waals surface area contributed by atoms with E-state index < -0.39 is 0 Å². The predicted octanol–water partition coefficient (Wildman–Crippen LogP) is 5.11. The zero-order valence-corrected chi connectivity index (χ0v) is 14.5. The summed E-state index contributed by atoms with van der Waals surface area (Å²) < 4.78 is 10.9. The molecule has 2 aromatic carbocycles. The van der Waals surface area contributed by atoms with Crippen molar-refractivity contribution in [1.29, 1.82) is 0 Å². The van der Waals surface area contributed by atoms with Crippen molar-refractivity contribution >= 4 is 11.3 Å². The quantitative estimate of drug-likeness (QED) is 0.668. The van der Waals surface area contributed by atoms with Gasteiger partial charge in [0.25, 0.3) is 0 Å². The lowest BCUT2D eigenvalue weighted by atomic mass is 10.1. The van der Waals surface area contributed by atoms with Crippen LogP contribution in [0.2, 0.25) is 0 Å².